The van der Waals surface area contributed by atoms with Gasteiger partial charge in [0, 0.05) is 11.6 Å². The van der Waals surface area contributed by atoms with Gasteiger partial charge in [-0.1, -0.05) is 50.2 Å². The number of rotatable bonds is 4. The first-order valence-corrected chi connectivity index (χ1v) is 10.6. The summed E-state index contributed by atoms with van der Waals surface area (Å²) in [5.74, 6) is -0.489. The highest BCUT2D eigenvalue weighted by molar-refractivity contribution is 6.51. The van der Waals surface area contributed by atoms with Gasteiger partial charge >= 0.3 is 5.91 Å². The fourth-order valence-electron chi connectivity index (χ4n) is 3.92. The molecule has 1 aliphatic rings. The number of methoxy groups -OCH3 is 1. The van der Waals surface area contributed by atoms with E-state index in [1.54, 1.807) is 44.4 Å². The van der Waals surface area contributed by atoms with Gasteiger partial charge in [0.25, 0.3) is 5.78 Å². The van der Waals surface area contributed by atoms with E-state index in [0.717, 1.165) is 5.56 Å². The van der Waals surface area contributed by atoms with Crippen molar-refractivity contribution in [2.75, 3.05) is 12.0 Å². The second-order valence-electron chi connectivity index (χ2n) is 9.07. The van der Waals surface area contributed by atoms with E-state index in [-0.39, 0.29) is 22.6 Å². The molecule has 1 aliphatic heterocycles. The van der Waals surface area contributed by atoms with Crippen LogP contribution in [0.25, 0.3) is 5.76 Å². The summed E-state index contributed by atoms with van der Waals surface area (Å²) in [5, 5.41) is 15.1. The Balaban J connectivity index is 1.89. The van der Waals surface area contributed by atoms with Crippen LogP contribution in [0.15, 0.2) is 64.7 Å². The molecule has 0 radical (unpaired) electrons. The zero-order chi connectivity index (χ0) is 23.9. The van der Waals surface area contributed by atoms with E-state index in [2.05, 4.69) is 25.9 Å². The molecule has 2 aromatic carbocycles. The molecule has 170 valence electrons. The molecule has 33 heavy (non-hydrogen) atoms. The number of aliphatic hydroxyl groups is 1. The molecule has 0 bridgehead atoms. The van der Waals surface area contributed by atoms with Crippen LogP contribution in [-0.2, 0) is 15.0 Å². The third-order valence-corrected chi connectivity index (χ3v) is 5.76. The highest BCUT2D eigenvalue weighted by atomic mass is 16.5. The number of ketones is 1. The quantitative estimate of drug-likeness (QED) is 0.348. The average Bonchev–Trinajstić information content (AvgIpc) is 3.33. The van der Waals surface area contributed by atoms with Gasteiger partial charge in [-0.05, 0) is 47.7 Å². The maximum absolute atomic E-state index is 13.2. The minimum Gasteiger partial charge on any atom is -0.507 e. The molecule has 4 rings (SSSR count). The fraction of sp³-hybridized carbons (Fsp3) is 0.269. The summed E-state index contributed by atoms with van der Waals surface area (Å²) in [4.78, 5) is 27.5. The van der Waals surface area contributed by atoms with Crippen LogP contribution in [0.5, 0.6) is 5.75 Å². The van der Waals surface area contributed by atoms with Gasteiger partial charge < -0.3 is 14.4 Å². The number of anilines is 1. The standard InChI is InChI=1S/C26H26N2O5/c1-15-14-20(27-33-15)28-22(16-6-10-18(11-7-16)26(2,3)4)21(24(30)25(28)31)23(29)17-8-12-19(32-5)13-9-17/h6-14,22,29H,1-5H3/b23-21+. The summed E-state index contributed by atoms with van der Waals surface area (Å²) in [6, 6.07) is 15.1. The molecular formula is C26H26N2O5. The van der Waals surface area contributed by atoms with Crippen molar-refractivity contribution in [1.29, 1.82) is 0 Å². The number of hydrogen-bond donors (Lipinski definition) is 1. The molecule has 2 heterocycles. The van der Waals surface area contributed by atoms with Crippen LogP contribution in [0.1, 0.15) is 49.3 Å². The van der Waals surface area contributed by atoms with Crippen molar-refractivity contribution >= 4 is 23.3 Å². The van der Waals surface area contributed by atoms with Gasteiger partial charge in [0.05, 0.1) is 18.7 Å². The molecule has 1 unspecified atom stereocenters. The van der Waals surface area contributed by atoms with E-state index in [1.807, 2.05) is 24.3 Å². The normalized spacial score (nSPS) is 18.1. The molecule has 0 spiro atoms. The van der Waals surface area contributed by atoms with E-state index < -0.39 is 17.7 Å². The summed E-state index contributed by atoms with van der Waals surface area (Å²) in [7, 11) is 1.54. The number of benzene rings is 2. The summed E-state index contributed by atoms with van der Waals surface area (Å²) in [6.45, 7) is 8.03. The van der Waals surface area contributed by atoms with Crippen molar-refractivity contribution in [1.82, 2.24) is 5.16 Å². The van der Waals surface area contributed by atoms with Crippen molar-refractivity contribution in [2.24, 2.45) is 0 Å². The van der Waals surface area contributed by atoms with Crippen LogP contribution in [0.3, 0.4) is 0 Å². The Bertz CT molecular complexity index is 1230. The smallest absolute Gasteiger partial charge is 0.301 e. The molecule has 1 saturated heterocycles. The molecule has 0 aliphatic carbocycles. The van der Waals surface area contributed by atoms with E-state index in [0.29, 0.717) is 22.6 Å². The molecule has 1 amide bonds. The Kier molecular flexibility index (Phi) is 5.57. The topological polar surface area (TPSA) is 92.9 Å². The Labute approximate surface area is 192 Å². The second-order valence-corrected chi connectivity index (χ2v) is 9.07. The molecule has 3 aromatic rings. The predicted octanol–water partition coefficient (Wildman–Crippen LogP) is 4.92. The van der Waals surface area contributed by atoms with Crippen molar-refractivity contribution < 1.29 is 24.0 Å². The molecule has 7 heteroatoms. The van der Waals surface area contributed by atoms with Gasteiger partial charge in [0.1, 0.15) is 17.3 Å². The monoisotopic (exact) mass is 446 g/mol. The predicted molar refractivity (Wildman–Crippen MR) is 124 cm³/mol. The molecule has 7 nitrogen and oxygen atoms in total. The third kappa shape index (κ3) is 4.02. The lowest BCUT2D eigenvalue weighted by atomic mass is 9.85. The number of amides is 1. The van der Waals surface area contributed by atoms with Crippen LogP contribution in [0.4, 0.5) is 5.82 Å². The van der Waals surface area contributed by atoms with E-state index in [9.17, 15) is 14.7 Å². The van der Waals surface area contributed by atoms with Crippen LogP contribution >= 0.6 is 0 Å². The Morgan fingerprint density at radius 2 is 1.70 bits per heavy atom. The zero-order valence-corrected chi connectivity index (χ0v) is 19.2. The number of aliphatic hydroxyl groups excluding tert-OH is 1. The first-order valence-electron chi connectivity index (χ1n) is 10.6. The van der Waals surface area contributed by atoms with Gasteiger partial charge in [0.15, 0.2) is 5.82 Å². The van der Waals surface area contributed by atoms with Gasteiger partial charge in [-0.25, -0.2) is 0 Å². The summed E-state index contributed by atoms with van der Waals surface area (Å²) in [5.41, 5.74) is 2.12. The summed E-state index contributed by atoms with van der Waals surface area (Å²) < 4.78 is 10.3. The van der Waals surface area contributed by atoms with Crippen molar-refractivity contribution in [3.63, 3.8) is 0 Å². The summed E-state index contributed by atoms with van der Waals surface area (Å²) >= 11 is 0. The van der Waals surface area contributed by atoms with Gasteiger partial charge in [-0.15, -0.1) is 0 Å². The number of ether oxygens (including phenoxy) is 1. The molecule has 1 fully saturated rings. The van der Waals surface area contributed by atoms with Crippen molar-refractivity contribution in [3.05, 3.63) is 82.6 Å². The minimum atomic E-state index is -0.856. The van der Waals surface area contributed by atoms with Crippen molar-refractivity contribution in [2.45, 2.75) is 39.2 Å². The average molecular weight is 447 g/mol. The zero-order valence-electron chi connectivity index (χ0n) is 19.2. The first kappa shape index (κ1) is 22.3. The van der Waals surface area contributed by atoms with Crippen LogP contribution < -0.4 is 9.64 Å². The van der Waals surface area contributed by atoms with E-state index in [4.69, 9.17) is 9.26 Å². The highest BCUT2D eigenvalue weighted by Crippen LogP contribution is 2.42. The Morgan fingerprint density at radius 3 is 2.21 bits per heavy atom. The van der Waals surface area contributed by atoms with Crippen LogP contribution in [0, 0.1) is 6.92 Å². The maximum atomic E-state index is 13.2. The maximum Gasteiger partial charge on any atom is 0.301 e. The summed E-state index contributed by atoms with van der Waals surface area (Å²) in [6.07, 6.45) is 0. The van der Waals surface area contributed by atoms with Crippen molar-refractivity contribution in [3.8, 4) is 5.75 Å². The van der Waals surface area contributed by atoms with Crippen LogP contribution in [0.2, 0.25) is 0 Å². The van der Waals surface area contributed by atoms with Gasteiger partial charge in [0.2, 0.25) is 0 Å². The molecule has 1 N–H and O–H groups in total. The SMILES string of the molecule is COc1ccc(/C(O)=C2\C(=O)C(=O)N(c3cc(C)on3)C2c2ccc(C(C)(C)C)cc2)cc1. The minimum absolute atomic E-state index is 0.00525. The number of aromatic nitrogens is 1. The largest absolute Gasteiger partial charge is 0.507 e. The fourth-order valence-corrected chi connectivity index (χ4v) is 3.92. The highest BCUT2D eigenvalue weighted by Gasteiger charge is 2.48. The number of Topliss-reactive ketones (excluding diaryl/α,β-unsaturated/α-hetero) is 1. The molecule has 1 aromatic heterocycles. The molecule has 0 saturated carbocycles. The lowest BCUT2D eigenvalue weighted by Crippen LogP contribution is -2.29. The third-order valence-electron chi connectivity index (χ3n) is 5.76. The molecular weight excluding hydrogens is 420 g/mol. The van der Waals surface area contributed by atoms with E-state index in [1.165, 1.54) is 4.90 Å². The lowest BCUT2D eigenvalue weighted by Gasteiger charge is -2.24. The second kappa shape index (κ2) is 8.24. The van der Waals surface area contributed by atoms with Crippen LogP contribution in [-0.4, -0.2) is 29.1 Å². The Morgan fingerprint density at radius 1 is 1.06 bits per heavy atom. The molecule has 1 atom stereocenters. The van der Waals surface area contributed by atoms with Gasteiger partial charge in [-0.2, -0.15) is 0 Å². The first-order chi connectivity index (χ1) is 15.6. The van der Waals surface area contributed by atoms with Gasteiger partial charge in [-0.3, -0.25) is 14.5 Å². The number of aryl methyl sites for hydroxylation is 1. The number of carbonyl (C=O) groups is 2. The van der Waals surface area contributed by atoms with E-state index >= 15 is 0 Å². The lowest BCUT2D eigenvalue weighted by molar-refractivity contribution is -0.132. The number of hydrogen-bond acceptors (Lipinski definition) is 6. The Hall–Kier alpha value is -3.87. The number of carbonyl (C=O) groups excluding carboxylic acids is 2. The number of nitrogens with zero attached hydrogens (tertiary/aromatic N) is 2.